The Balaban J connectivity index is 1.96. The molecule has 23 heavy (non-hydrogen) atoms. The molecule has 1 aliphatic rings. The minimum atomic E-state index is 0.164. The van der Waals surface area contributed by atoms with E-state index >= 15 is 0 Å². The molecular formula is C18H26N4O. The van der Waals surface area contributed by atoms with Gasteiger partial charge in [-0.15, -0.1) is 0 Å². The summed E-state index contributed by atoms with van der Waals surface area (Å²) in [5, 5.41) is 8.85. The molecule has 1 amide bonds. The molecule has 1 saturated heterocycles. The molecule has 5 heteroatoms. The molecule has 1 fully saturated rings. The second-order valence-electron chi connectivity index (χ2n) is 6.68. The number of piperidine rings is 1. The van der Waals surface area contributed by atoms with Gasteiger partial charge in [0.1, 0.15) is 0 Å². The van der Waals surface area contributed by atoms with Crippen molar-refractivity contribution < 1.29 is 4.79 Å². The van der Waals surface area contributed by atoms with Crippen molar-refractivity contribution in [3.8, 4) is 6.07 Å². The van der Waals surface area contributed by atoms with Crippen LogP contribution in [-0.2, 0) is 11.3 Å². The zero-order valence-corrected chi connectivity index (χ0v) is 14.1. The maximum Gasteiger partial charge on any atom is 0.236 e. The predicted molar refractivity (Wildman–Crippen MR) is 89.3 cm³/mol. The minimum Gasteiger partial charge on any atom is -0.341 e. The highest BCUT2D eigenvalue weighted by molar-refractivity contribution is 5.78. The van der Waals surface area contributed by atoms with Crippen LogP contribution in [0.5, 0.6) is 0 Å². The van der Waals surface area contributed by atoms with Crippen LogP contribution in [0.2, 0.25) is 0 Å². The first-order chi connectivity index (χ1) is 11.1. The first-order valence-electron chi connectivity index (χ1n) is 8.35. The number of rotatable bonds is 6. The number of pyridine rings is 1. The third-order valence-electron chi connectivity index (χ3n) is 4.23. The monoisotopic (exact) mass is 314 g/mol. The van der Waals surface area contributed by atoms with Crippen LogP contribution in [0.4, 0.5) is 0 Å². The second-order valence-corrected chi connectivity index (χ2v) is 6.68. The van der Waals surface area contributed by atoms with E-state index in [1.807, 2.05) is 28.0 Å². The van der Waals surface area contributed by atoms with Gasteiger partial charge >= 0.3 is 0 Å². The van der Waals surface area contributed by atoms with Gasteiger partial charge < -0.3 is 4.90 Å². The van der Waals surface area contributed by atoms with Gasteiger partial charge in [-0.2, -0.15) is 5.26 Å². The van der Waals surface area contributed by atoms with Gasteiger partial charge in [-0.1, -0.05) is 19.9 Å². The van der Waals surface area contributed by atoms with E-state index in [1.54, 1.807) is 6.20 Å². The number of nitrogens with zero attached hydrogens (tertiary/aromatic N) is 4. The zero-order chi connectivity index (χ0) is 16.7. The van der Waals surface area contributed by atoms with Crippen LogP contribution in [-0.4, -0.2) is 46.9 Å². The van der Waals surface area contributed by atoms with Gasteiger partial charge in [0.05, 0.1) is 18.3 Å². The number of hydrogen-bond acceptors (Lipinski definition) is 4. The maximum atomic E-state index is 12.6. The van der Waals surface area contributed by atoms with Crippen molar-refractivity contribution in [1.82, 2.24) is 14.8 Å². The average Bonchev–Trinajstić information content (AvgIpc) is 2.52. The smallest absolute Gasteiger partial charge is 0.236 e. The molecule has 1 aromatic rings. The van der Waals surface area contributed by atoms with E-state index in [2.05, 4.69) is 24.9 Å². The Morgan fingerprint density at radius 3 is 2.74 bits per heavy atom. The molecule has 0 aliphatic carbocycles. The van der Waals surface area contributed by atoms with Gasteiger partial charge in [-0.25, -0.2) is 0 Å². The number of hydrogen-bond donors (Lipinski definition) is 0. The molecule has 0 N–H and O–H groups in total. The van der Waals surface area contributed by atoms with E-state index in [4.69, 9.17) is 5.26 Å². The molecule has 0 radical (unpaired) electrons. The molecular weight excluding hydrogens is 288 g/mol. The Morgan fingerprint density at radius 2 is 2.13 bits per heavy atom. The lowest BCUT2D eigenvalue weighted by Crippen LogP contribution is -2.47. The Morgan fingerprint density at radius 1 is 1.39 bits per heavy atom. The molecule has 2 atom stereocenters. The van der Waals surface area contributed by atoms with Gasteiger partial charge in [-0.05, 0) is 30.4 Å². The number of carbonyl (C=O) groups is 1. The standard InChI is InChI=1S/C18H26N4O/c1-15-10-16(2)12-22(11-15)18(23)14-21(9-5-7-19)13-17-6-3-4-8-20-17/h3-4,6,8,15-16H,5,9-14H2,1-2H3/t15-,16-/m0/s1. The molecule has 1 aliphatic heterocycles. The topological polar surface area (TPSA) is 60.2 Å². The predicted octanol–water partition coefficient (Wildman–Crippen LogP) is 2.30. The molecule has 0 spiro atoms. The van der Waals surface area contributed by atoms with E-state index in [1.165, 1.54) is 6.42 Å². The summed E-state index contributed by atoms with van der Waals surface area (Å²) < 4.78 is 0. The van der Waals surface area contributed by atoms with E-state index in [0.717, 1.165) is 18.8 Å². The Hall–Kier alpha value is -1.93. The van der Waals surface area contributed by atoms with Gasteiger partial charge in [0.25, 0.3) is 0 Å². The Bertz CT molecular complexity index is 530. The number of carbonyl (C=O) groups excluding carboxylic acids is 1. The lowest BCUT2D eigenvalue weighted by atomic mass is 9.92. The average molecular weight is 314 g/mol. The van der Waals surface area contributed by atoms with Crippen LogP contribution in [0.25, 0.3) is 0 Å². The van der Waals surface area contributed by atoms with Crippen LogP contribution >= 0.6 is 0 Å². The lowest BCUT2D eigenvalue weighted by Gasteiger charge is -2.36. The van der Waals surface area contributed by atoms with Crippen LogP contribution < -0.4 is 0 Å². The summed E-state index contributed by atoms with van der Waals surface area (Å²) in [4.78, 5) is 21.0. The van der Waals surface area contributed by atoms with E-state index < -0.39 is 0 Å². The summed E-state index contributed by atoms with van der Waals surface area (Å²) in [6, 6.07) is 7.94. The molecule has 2 heterocycles. The van der Waals surface area contributed by atoms with Crippen molar-refractivity contribution in [2.75, 3.05) is 26.2 Å². The quantitative estimate of drug-likeness (QED) is 0.808. The third-order valence-corrected chi connectivity index (χ3v) is 4.23. The Kier molecular flexibility index (Phi) is 6.54. The Labute approximate surface area is 138 Å². The summed E-state index contributed by atoms with van der Waals surface area (Å²) in [7, 11) is 0. The summed E-state index contributed by atoms with van der Waals surface area (Å²) in [5.41, 5.74) is 0.929. The molecule has 0 bridgehead atoms. The van der Waals surface area contributed by atoms with Crippen molar-refractivity contribution in [1.29, 1.82) is 5.26 Å². The van der Waals surface area contributed by atoms with Crippen LogP contribution in [0.15, 0.2) is 24.4 Å². The van der Waals surface area contributed by atoms with E-state index in [-0.39, 0.29) is 5.91 Å². The van der Waals surface area contributed by atoms with Crippen LogP contribution in [0.3, 0.4) is 0 Å². The van der Waals surface area contributed by atoms with Crippen molar-refractivity contribution in [3.05, 3.63) is 30.1 Å². The molecule has 0 aromatic carbocycles. The first-order valence-corrected chi connectivity index (χ1v) is 8.35. The summed E-state index contributed by atoms with van der Waals surface area (Å²) in [5.74, 6) is 1.29. The minimum absolute atomic E-state index is 0.164. The molecule has 1 aromatic heterocycles. The molecule has 0 saturated carbocycles. The van der Waals surface area contributed by atoms with Crippen molar-refractivity contribution in [3.63, 3.8) is 0 Å². The number of aromatic nitrogens is 1. The number of likely N-dealkylation sites (tertiary alicyclic amines) is 1. The summed E-state index contributed by atoms with van der Waals surface area (Å²) in [6.07, 6.45) is 3.37. The second kappa shape index (κ2) is 8.64. The van der Waals surface area contributed by atoms with E-state index in [9.17, 15) is 4.79 Å². The zero-order valence-electron chi connectivity index (χ0n) is 14.1. The van der Waals surface area contributed by atoms with E-state index in [0.29, 0.717) is 37.9 Å². The largest absolute Gasteiger partial charge is 0.341 e. The fourth-order valence-electron chi connectivity index (χ4n) is 3.30. The number of nitriles is 1. The summed E-state index contributed by atoms with van der Waals surface area (Å²) >= 11 is 0. The normalized spacial score (nSPS) is 21.2. The summed E-state index contributed by atoms with van der Waals surface area (Å²) in [6.45, 7) is 7.66. The highest BCUT2D eigenvalue weighted by Gasteiger charge is 2.26. The van der Waals surface area contributed by atoms with Gasteiger partial charge in [0, 0.05) is 38.8 Å². The van der Waals surface area contributed by atoms with Gasteiger partial charge in [0.15, 0.2) is 0 Å². The third kappa shape index (κ3) is 5.65. The van der Waals surface area contributed by atoms with Crippen LogP contribution in [0.1, 0.15) is 32.4 Å². The first kappa shape index (κ1) is 17.4. The van der Waals surface area contributed by atoms with Crippen molar-refractivity contribution in [2.24, 2.45) is 11.8 Å². The number of amides is 1. The SMILES string of the molecule is C[C@H]1C[C@H](C)CN(C(=O)CN(CCC#N)Cc2ccccn2)C1. The van der Waals surface area contributed by atoms with Crippen LogP contribution in [0, 0.1) is 23.2 Å². The van der Waals surface area contributed by atoms with Gasteiger partial charge in [0.2, 0.25) is 5.91 Å². The van der Waals surface area contributed by atoms with Crippen molar-refractivity contribution in [2.45, 2.75) is 33.2 Å². The van der Waals surface area contributed by atoms with Crippen molar-refractivity contribution >= 4 is 5.91 Å². The molecule has 2 rings (SSSR count). The molecule has 124 valence electrons. The molecule has 5 nitrogen and oxygen atoms in total. The lowest BCUT2D eigenvalue weighted by molar-refractivity contribution is -0.135. The maximum absolute atomic E-state index is 12.6. The fourth-order valence-corrected chi connectivity index (χ4v) is 3.30. The van der Waals surface area contributed by atoms with Gasteiger partial charge in [-0.3, -0.25) is 14.7 Å². The highest BCUT2D eigenvalue weighted by atomic mass is 16.2. The fraction of sp³-hybridized carbons (Fsp3) is 0.611. The molecule has 0 unspecified atom stereocenters. The highest BCUT2D eigenvalue weighted by Crippen LogP contribution is 2.21.